The second-order valence-corrected chi connectivity index (χ2v) is 7.16. The van der Waals surface area contributed by atoms with Crippen LogP contribution < -0.4 is 4.74 Å². The SMILES string of the molecule is N#COc1ccc(C2(c3ccc(N=C=O)cc3)CC3CC(C3)C2)cc1. The third-order valence-corrected chi connectivity index (χ3v) is 5.77. The number of hydrogen-bond acceptors (Lipinski definition) is 4. The molecule has 0 atom stereocenters. The van der Waals surface area contributed by atoms with E-state index in [9.17, 15) is 4.79 Å². The number of nitrogens with zero attached hydrogens (tertiary/aromatic N) is 2. The average Bonchev–Trinajstić information content (AvgIpc) is 2.63. The minimum atomic E-state index is -0.0135. The molecule has 3 saturated carbocycles. The molecule has 0 unspecified atom stereocenters. The molecule has 3 aliphatic rings. The molecular weight excluding hydrogens is 312 g/mol. The minimum Gasteiger partial charge on any atom is -0.388 e. The van der Waals surface area contributed by atoms with Crippen molar-refractivity contribution in [1.82, 2.24) is 0 Å². The van der Waals surface area contributed by atoms with Crippen molar-refractivity contribution in [3.8, 4) is 12.0 Å². The highest BCUT2D eigenvalue weighted by atomic mass is 16.5. The molecule has 124 valence electrons. The molecule has 3 aliphatic carbocycles. The van der Waals surface area contributed by atoms with Gasteiger partial charge < -0.3 is 4.74 Å². The molecule has 0 aliphatic heterocycles. The Labute approximate surface area is 146 Å². The second-order valence-electron chi connectivity index (χ2n) is 7.16. The molecule has 2 aromatic rings. The van der Waals surface area contributed by atoms with Crippen LogP contribution in [0.15, 0.2) is 53.5 Å². The second kappa shape index (κ2) is 6.20. The van der Waals surface area contributed by atoms with E-state index in [4.69, 9.17) is 10.00 Å². The zero-order valence-electron chi connectivity index (χ0n) is 13.8. The summed E-state index contributed by atoms with van der Waals surface area (Å²) in [6.07, 6.45) is 8.26. The first kappa shape index (κ1) is 15.6. The highest BCUT2D eigenvalue weighted by molar-refractivity contribution is 5.52. The first-order valence-electron chi connectivity index (χ1n) is 8.58. The number of isocyanates is 1. The highest BCUT2D eigenvalue weighted by Gasteiger charge is 2.48. The number of carbonyl (C=O) groups excluding carboxylic acids is 1. The number of fused-ring (bicyclic) bond motifs is 2. The largest absolute Gasteiger partial charge is 0.388 e. The van der Waals surface area contributed by atoms with E-state index < -0.39 is 0 Å². The Kier molecular flexibility index (Phi) is 3.87. The molecule has 0 radical (unpaired) electrons. The highest BCUT2D eigenvalue weighted by Crippen LogP contribution is 2.57. The van der Waals surface area contributed by atoms with E-state index >= 15 is 0 Å². The summed E-state index contributed by atoms with van der Waals surface area (Å²) in [4.78, 5) is 14.1. The van der Waals surface area contributed by atoms with E-state index in [0.29, 0.717) is 11.4 Å². The Balaban J connectivity index is 1.75. The number of rotatable bonds is 4. The molecule has 0 N–H and O–H groups in total. The van der Waals surface area contributed by atoms with Crippen molar-refractivity contribution < 1.29 is 9.53 Å². The van der Waals surface area contributed by atoms with Gasteiger partial charge in [0.1, 0.15) is 5.75 Å². The lowest BCUT2D eigenvalue weighted by atomic mass is 9.51. The topological polar surface area (TPSA) is 62.4 Å². The molecule has 0 aromatic heterocycles. The average molecular weight is 330 g/mol. The summed E-state index contributed by atoms with van der Waals surface area (Å²) in [6.45, 7) is 0. The van der Waals surface area contributed by atoms with E-state index in [2.05, 4.69) is 29.3 Å². The molecule has 0 heterocycles. The van der Waals surface area contributed by atoms with E-state index in [-0.39, 0.29) is 5.41 Å². The standard InChI is InChI=1S/C21H18N2O2/c22-13-25-20-7-3-18(4-8-20)21(11-15-9-16(10-15)12-21)17-1-5-19(6-2-17)23-14-24/h1-8,15-16H,9-12H2. The molecular formula is C21H18N2O2. The van der Waals surface area contributed by atoms with Gasteiger partial charge in [0.05, 0.1) is 5.69 Å². The van der Waals surface area contributed by atoms with E-state index in [1.165, 1.54) is 24.0 Å². The lowest BCUT2D eigenvalue weighted by molar-refractivity contribution is 0.0623. The van der Waals surface area contributed by atoms with Gasteiger partial charge in [-0.15, -0.1) is 5.26 Å². The predicted molar refractivity (Wildman–Crippen MR) is 93.1 cm³/mol. The van der Waals surface area contributed by atoms with Gasteiger partial charge in [0.2, 0.25) is 6.08 Å². The first-order valence-corrected chi connectivity index (χ1v) is 8.58. The Morgan fingerprint density at radius 3 is 2.04 bits per heavy atom. The Morgan fingerprint density at radius 2 is 1.52 bits per heavy atom. The summed E-state index contributed by atoms with van der Waals surface area (Å²) in [5.74, 6) is 2.13. The van der Waals surface area contributed by atoms with Crippen molar-refractivity contribution >= 4 is 11.8 Å². The summed E-state index contributed by atoms with van der Waals surface area (Å²) in [5.41, 5.74) is 3.15. The van der Waals surface area contributed by atoms with Gasteiger partial charge in [-0.1, -0.05) is 24.3 Å². The number of ether oxygens (including phenoxy) is 1. The van der Waals surface area contributed by atoms with E-state index in [1.54, 1.807) is 12.3 Å². The van der Waals surface area contributed by atoms with Crippen molar-refractivity contribution in [3.05, 3.63) is 59.7 Å². The quantitative estimate of drug-likeness (QED) is 0.467. The molecule has 5 rings (SSSR count). The molecule has 2 aromatic carbocycles. The number of nitriles is 1. The van der Waals surface area contributed by atoms with Gasteiger partial charge in [-0.05, 0) is 72.9 Å². The van der Waals surface area contributed by atoms with Crippen LogP contribution in [0.5, 0.6) is 5.75 Å². The van der Waals surface area contributed by atoms with Crippen LogP contribution in [-0.2, 0) is 10.2 Å². The van der Waals surface area contributed by atoms with Gasteiger partial charge in [0.15, 0.2) is 0 Å². The van der Waals surface area contributed by atoms with Crippen molar-refractivity contribution in [3.63, 3.8) is 0 Å². The summed E-state index contributed by atoms with van der Waals surface area (Å²) < 4.78 is 4.92. The van der Waals surface area contributed by atoms with Crippen molar-refractivity contribution in [2.24, 2.45) is 16.8 Å². The lowest BCUT2D eigenvalue weighted by Gasteiger charge is -2.53. The van der Waals surface area contributed by atoms with E-state index in [0.717, 1.165) is 24.7 Å². The molecule has 25 heavy (non-hydrogen) atoms. The van der Waals surface area contributed by atoms with Crippen LogP contribution in [-0.4, -0.2) is 6.08 Å². The zero-order valence-corrected chi connectivity index (χ0v) is 13.8. The van der Waals surface area contributed by atoms with Crippen LogP contribution in [0.2, 0.25) is 0 Å². The summed E-state index contributed by atoms with van der Waals surface area (Å²) in [5, 5.41) is 8.67. The number of benzene rings is 2. The summed E-state index contributed by atoms with van der Waals surface area (Å²) in [7, 11) is 0. The van der Waals surface area contributed by atoms with Crippen LogP contribution in [0.1, 0.15) is 36.8 Å². The molecule has 0 saturated heterocycles. The third kappa shape index (κ3) is 2.73. The van der Waals surface area contributed by atoms with Crippen LogP contribution >= 0.6 is 0 Å². The number of aliphatic imine (C=N–C) groups is 1. The van der Waals surface area contributed by atoms with Crippen LogP contribution in [0.25, 0.3) is 0 Å². The van der Waals surface area contributed by atoms with Gasteiger partial charge in [0.25, 0.3) is 6.26 Å². The van der Waals surface area contributed by atoms with Crippen LogP contribution in [0.3, 0.4) is 0 Å². The lowest BCUT2D eigenvalue weighted by Crippen LogP contribution is -2.44. The van der Waals surface area contributed by atoms with Gasteiger partial charge in [-0.25, -0.2) is 4.79 Å². The molecule has 3 fully saturated rings. The summed E-state index contributed by atoms with van der Waals surface area (Å²) in [6, 6.07) is 15.8. The van der Waals surface area contributed by atoms with Crippen molar-refractivity contribution in [2.45, 2.75) is 31.1 Å². The fourth-order valence-corrected chi connectivity index (χ4v) is 4.72. The monoisotopic (exact) mass is 330 g/mol. The van der Waals surface area contributed by atoms with Crippen molar-refractivity contribution in [1.29, 1.82) is 5.26 Å². The maximum absolute atomic E-state index is 10.5. The molecule has 2 bridgehead atoms. The maximum Gasteiger partial charge on any atom is 0.292 e. The third-order valence-electron chi connectivity index (χ3n) is 5.77. The van der Waals surface area contributed by atoms with Gasteiger partial charge in [-0.3, -0.25) is 0 Å². The fraction of sp³-hybridized carbons (Fsp3) is 0.333. The zero-order chi connectivity index (χ0) is 17.3. The Bertz CT molecular complexity index is 842. The Morgan fingerprint density at radius 1 is 0.960 bits per heavy atom. The normalized spacial score (nSPS) is 26.7. The Hall–Kier alpha value is -2.89. The molecule has 4 nitrogen and oxygen atoms in total. The van der Waals surface area contributed by atoms with Gasteiger partial charge >= 0.3 is 0 Å². The smallest absolute Gasteiger partial charge is 0.292 e. The predicted octanol–water partition coefficient (Wildman–Crippen LogP) is 4.62. The van der Waals surface area contributed by atoms with Gasteiger partial charge in [-0.2, -0.15) is 4.99 Å². The minimum absolute atomic E-state index is 0.0135. The first-order chi connectivity index (χ1) is 12.2. The summed E-state index contributed by atoms with van der Waals surface area (Å²) >= 11 is 0. The molecule has 0 amide bonds. The molecule has 4 heteroatoms. The van der Waals surface area contributed by atoms with Crippen LogP contribution in [0, 0.1) is 23.4 Å². The van der Waals surface area contributed by atoms with E-state index in [1.807, 2.05) is 24.3 Å². The van der Waals surface area contributed by atoms with Gasteiger partial charge in [0, 0.05) is 5.41 Å². The molecule has 0 spiro atoms. The maximum atomic E-state index is 10.5. The fourth-order valence-electron chi connectivity index (χ4n) is 4.72. The van der Waals surface area contributed by atoms with Crippen molar-refractivity contribution in [2.75, 3.05) is 0 Å². The number of hydrogen-bond donors (Lipinski definition) is 0. The van der Waals surface area contributed by atoms with Crippen LogP contribution in [0.4, 0.5) is 5.69 Å².